The lowest BCUT2D eigenvalue weighted by atomic mass is 10.3. The Balaban J connectivity index is 3.08. The molecule has 4 nitrogen and oxygen atoms in total. The SMILES string of the molecule is COC(=O)c1nc(Br)ccc1OC(F)F. The molecule has 0 saturated carbocycles. The monoisotopic (exact) mass is 281 g/mol. The molecule has 0 spiro atoms. The van der Waals surface area contributed by atoms with Crippen LogP contribution in [0, 0.1) is 0 Å². The van der Waals surface area contributed by atoms with Crippen LogP contribution in [0.1, 0.15) is 10.5 Å². The van der Waals surface area contributed by atoms with Crippen LogP contribution in [0.4, 0.5) is 8.78 Å². The molecule has 0 aromatic carbocycles. The average molecular weight is 282 g/mol. The van der Waals surface area contributed by atoms with Gasteiger partial charge in [0.2, 0.25) is 0 Å². The Kier molecular flexibility index (Phi) is 3.96. The third-order valence-corrected chi connectivity index (χ3v) is 1.86. The fourth-order valence-electron chi connectivity index (χ4n) is 0.857. The van der Waals surface area contributed by atoms with Gasteiger partial charge in [0.1, 0.15) is 4.60 Å². The molecule has 15 heavy (non-hydrogen) atoms. The molecule has 1 heterocycles. The summed E-state index contributed by atoms with van der Waals surface area (Å²) in [5.74, 6) is -1.16. The Labute approximate surface area is 92.3 Å². The topological polar surface area (TPSA) is 48.4 Å². The molecule has 1 aromatic rings. The highest BCUT2D eigenvalue weighted by atomic mass is 79.9. The van der Waals surface area contributed by atoms with Gasteiger partial charge < -0.3 is 9.47 Å². The van der Waals surface area contributed by atoms with Crippen LogP contribution in [0.5, 0.6) is 5.75 Å². The lowest BCUT2D eigenvalue weighted by Gasteiger charge is -2.08. The van der Waals surface area contributed by atoms with E-state index in [1.807, 2.05) is 0 Å². The molecule has 1 aromatic heterocycles. The van der Waals surface area contributed by atoms with Crippen molar-refractivity contribution in [3.63, 3.8) is 0 Å². The molecule has 0 unspecified atom stereocenters. The summed E-state index contributed by atoms with van der Waals surface area (Å²) >= 11 is 3.00. The number of rotatable bonds is 3. The minimum Gasteiger partial charge on any atom is -0.464 e. The Bertz CT molecular complexity index is 373. The molecule has 0 aliphatic carbocycles. The van der Waals surface area contributed by atoms with Crippen molar-refractivity contribution >= 4 is 21.9 Å². The molecule has 0 fully saturated rings. The number of esters is 1. The van der Waals surface area contributed by atoms with Crippen molar-refractivity contribution in [3.05, 3.63) is 22.4 Å². The van der Waals surface area contributed by atoms with Crippen molar-refractivity contribution in [2.24, 2.45) is 0 Å². The van der Waals surface area contributed by atoms with E-state index in [1.54, 1.807) is 0 Å². The van der Waals surface area contributed by atoms with E-state index in [2.05, 4.69) is 30.4 Å². The first-order chi connectivity index (χ1) is 7.04. The van der Waals surface area contributed by atoms with E-state index >= 15 is 0 Å². The van der Waals surface area contributed by atoms with Crippen LogP contribution in [0.15, 0.2) is 16.7 Å². The average Bonchev–Trinajstić information content (AvgIpc) is 2.19. The second kappa shape index (κ2) is 5.01. The predicted molar refractivity (Wildman–Crippen MR) is 49.9 cm³/mol. The summed E-state index contributed by atoms with van der Waals surface area (Å²) in [7, 11) is 1.12. The van der Waals surface area contributed by atoms with Crippen LogP contribution in [0.2, 0.25) is 0 Å². The van der Waals surface area contributed by atoms with E-state index in [1.165, 1.54) is 12.1 Å². The van der Waals surface area contributed by atoms with Crippen LogP contribution in [-0.4, -0.2) is 24.7 Å². The summed E-state index contributed by atoms with van der Waals surface area (Å²) in [4.78, 5) is 14.8. The second-order valence-corrected chi connectivity index (χ2v) is 3.16. The molecule has 82 valence electrons. The highest BCUT2D eigenvalue weighted by molar-refractivity contribution is 9.10. The molecule has 0 aliphatic heterocycles. The normalized spacial score (nSPS) is 10.2. The Hall–Kier alpha value is -1.24. The molecule has 0 N–H and O–H groups in total. The minimum absolute atomic E-state index is 0.299. The molecule has 7 heteroatoms. The molecule has 0 amide bonds. The van der Waals surface area contributed by atoms with Gasteiger partial charge in [0.25, 0.3) is 0 Å². The van der Waals surface area contributed by atoms with Gasteiger partial charge in [-0.1, -0.05) is 0 Å². The number of halogens is 3. The molecule has 0 saturated heterocycles. The quantitative estimate of drug-likeness (QED) is 0.630. The molecule has 0 atom stereocenters. The van der Waals surface area contributed by atoms with Crippen molar-refractivity contribution < 1.29 is 23.0 Å². The van der Waals surface area contributed by atoms with Crippen molar-refractivity contribution in [1.29, 1.82) is 0 Å². The maximum atomic E-state index is 12.0. The Morgan fingerprint density at radius 3 is 2.73 bits per heavy atom. The number of hydrogen-bond acceptors (Lipinski definition) is 4. The summed E-state index contributed by atoms with van der Waals surface area (Å²) in [6.07, 6.45) is 0. The maximum absolute atomic E-state index is 12.0. The smallest absolute Gasteiger partial charge is 0.387 e. The third-order valence-electron chi connectivity index (χ3n) is 1.42. The number of ether oxygens (including phenoxy) is 2. The summed E-state index contributed by atoms with van der Waals surface area (Å²) in [6.45, 7) is -3.02. The van der Waals surface area contributed by atoms with Crippen LogP contribution >= 0.6 is 15.9 Å². The van der Waals surface area contributed by atoms with Crippen molar-refractivity contribution in [2.75, 3.05) is 7.11 Å². The summed E-state index contributed by atoms with van der Waals surface area (Å²) in [6, 6.07) is 2.58. The van der Waals surface area contributed by atoms with Gasteiger partial charge in [0.05, 0.1) is 7.11 Å². The maximum Gasteiger partial charge on any atom is 0.387 e. The third kappa shape index (κ3) is 3.12. The number of alkyl halides is 2. The first-order valence-electron chi connectivity index (χ1n) is 3.74. The van der Waals surface area contributed by atoms with Gasteiger partial charge in [0.15, 0.2) is 11.4 Å². The highest BCUT2D eigenvalue weighted by Crippen LogP contribution is 2.22. The Morgan fingerprint density at radius 2 is 2.20 bits per heavy atom. The zero-order valence-electron chi connectivity index (χ0n) is 7.54. The summed E-state index contributed by atoms with van der Waals surface area (Å²) < 4.78 is 32.7. The van der Waals surface area contributed by atoms with Crippen LogP contribution < -0.4 is 4.74 Å². The molecule has 0 bridgehead atoms. The van der Waals surface area contributed by atoms with Crippen molar-refractivity contribution in [1.82, 2.24) is 4.98 Å². The van der Waals surface area contributed by atoms with Gasteiger partial charge >= 0.3 is 12.6 Å². The van der Waals surface area contributed by atoms with E-state index < -0.39 is 12.6 Å². The summed E-state index contributed by atoms with van der Waals surface area (Å²) in [5.41, 5.74) is -0.299. The van der Waals surface area contributed by atoms with Crippen molar-refractivity contribution in [3.8, 4) is 5.75 Å². The van der Waals surface area contributed by atoms with E-state index in [9.17, 15) is 13.6 Å². The van der Waals surface area contributed by atoms with Gasteiger partial charge in [-0.2, -0.15) is 8.78 Å². The zero-order chi connectivity index (χ0) is 11.4. The molecule has 0 aliphatic rings. The van der Waals surface area contributed by atoms with Gasteiger partial charge in [-0.3, -0.25) is 0 Å². The largest absolute Gasteiger partial charge is 0.464 e. The predicted octanol–water partition coefficient (Wildman–Crippen LogP) is 2.23. The number of carbonyl (C=O) groups is 1. The number of carbonyl (C=O) groups excluding carboxylic acids is 1. The summed E-state index contributed by atoms with van der Waals surface area (Å²) in [5, 5.41) is 0. The molecule has 0 radical (unpaired) electrons. The molecule has 1 rings (SSSR count). The van der Waals surface area contributed by atoms with Crippen LogP contribution in [0.25, 0.3) is 0 Å². The van der Waals surface area contributed by atoms with E-state index in [0.717, 1.165) is 7.11 Å². The lowest BCUT2D eigenvalue weighted by molar-refractivity contribution is -0.0507. The van der Waals surface area contributed by atoms with Gasteiger partial charge in [-0.15, -0.1) is 0 Å². The van der Waals surface area contributed by atoms with E-state index in [-0.39, 0.29) is 11.4 Å². The van der Waals surface area contributed by atoms with Gasteiger partial charge in [-0.05, 0) is 28.1 Å². The fraction of sp³-hybridized carbons (Fsp3) is 0.250. The number of methoxy groups -OCH3 is 1. The minimum atomic E-state index is -3.02. The second-order valence-electron chi connectivity index (χ2n) is 2.35. The number of aromatic nitrogens is 1. The first-order valence-corrected chi connectivity index (χ1v) is 4.53. The first kappa shape index (κ1) is 11.8. The zero-order valence-corrected chi connectivity index (χ0v) is 9.12. The fourth-order valence-corrected chi connectivity index (χ4v) is 1.17. The standard InChI is InChI=1S/C8H6BrF2NO3/c1-14-7(13)6-4(15-8(10)11)2-3-5(9)12-6/h2-3,8H,1H3. The highest BCUT2D eigenvalue weighted by Gasteiger charge is 2.18. The van der Waals surface area contributed by atoms with Crippen LogP contribution in [-0.2, 0) is 4.74 Å². The number of pyridine rings is 1. The van der Waals surface area contributed by atoms with E-state index in [4.69, 9.17) is 0 Å². The van der Waals surface area contributed by atoms with Gasteiger partial charge in [0, 0.05) is 0 Å². The molecular formula is C8H6BrF2NO3. The number of nitrogens with zero attached hydrogens (tertiary/aromatic N) is 1. The van der Waals surface area contributed by atoms with Crippen molar-refractivity contribution in [2.45, 2.75) is 6.61 Å². The van der Waals surface area contributed by atoms with E-state index in [0.29, 0.717) is 4.60 Å². The van der Waals surface area contributed by atoms with Crippen LogP contribution in [0.3, 0.4) is 0 Å². The molecular weight excluding hydrogens is 276 g/mol. The van der Waals surface area contributed by atoms with Gasteiger partial charge in [-0.25, -0.2) is 9.78 Å². The lowest BCUT2D eigenvalue weighted by Crippen LogP contribution is -2.11. The number of hydrogen-bond donors (Lipinski definition) is 0. The Morgan fingerprint density at radius 1 is 1.53 bits per heavy atom.